The van der Waals surface area contributed by atoms with Gasteiger partial charge in [0.2, 0.25) is 0 Å². The summed E-state index contributed by atoms with van der Waals surface area (Å²) in [5.41, 5.74) is 6.57. The first-order valence-electron chi connectivity index (χ1n) is 6.81. The highest BCUT2D eigenvalue weighted by Crippen LogP contribution is 2.26. The van der Waals surface area contributed by atoms with E-state index in [4.69, 9.17) is 5.73 Å². The summed E-state index contributed by atoms with van der Waals surface area (Å²) in [6.07, 6.45) is 8.07. The van der Waals surface area contributed by atoms with E-state index in [9.17, 15) is 4.79 Å². The van der Waals surface area contributed by atoms with E-state index in [-0.39, 0.29) is 5.91 Å². The minimum atomic E-state index is -0.155. The van der Waals surface area contributed by atoms with E-state index < -0.39 is 0 Å². The molecule has 0 radical (unpaired) electrons. The van der Waals surface area contributed by atoms with E-state index in [2.05, 4.69) is 10.4 Å². The number of nitrogen functional groups attached to an aromatic ring is 1. The third-order valence-corrected chi connectivity index (χ3v) is 3.64. The molecule has 1 aromatic heterocycles. The van der Waals surface area contributed by atoms with Gasteiger partial charge in [-0.05, 0) is 19.3 Å². The minimum Gasteiger partial charge on any atom is -0.396 e. The number of amides is 1. The zero-order valence-corrected chi connectivity index (χ0v) is 11.0. The number of rotatable bonds is 5. The molecule has 1 saturated carbocycles. The van der Waals surface area contributed by atoms with E-state index in [0.717, 1.165) is 25.4 Å². The SMILES string of the molecule is CCn1cc(N)c(C(=O)NCCC2CCCC2)n1. The quantitative estimate of drug-likeness (QED) is 0.837. The normalized spacial score (nSPS) is 16.1. The molecule has 5 heteroatoms. The lowest BCUT2D eigenvalue weighted by atomic mass is 10.0. The third-order valence-electron chi connectivity index (χ3n) is 3.64. The number of aryl methyl sites for hydroxylation is 1. The van der Waals surface area contributed by atoms with Crippen LogP contribution in [0.15, 0.2) is 6.20 Å². The molecule has 0 atom stereocenters. The molecule has 1 aliphatic rings. The maximum atomic E-state index is 11.9. The predicted octanol–water partition coefficient (Wildman–Crippen LogP) is 1.80. The Hall–Kier alpha value is -1.52. The van der Waals surface area contributed by atoms with Gasteiger partial charge in [-0.2, -0.15) is 5.10 Å². The number of carbonyl (C=O) groups is 1. The second-order valence-electron chi connectivity index (χ2n) is 4.98. The molecule has 0 aliphatic heterocycles. The van der Waals surface area contributed by atoms with E-state index in [1.807, 2.05) is 6.92 Å². The van der Waals surface area contributed by atoms with Crippen LogP contribution in [-0.4, -0.2) is 22.2 Å². The second-order valence-corrected chi connectivity index (χ2v) is 4.98. The van der Waals surface area contributed by atoms with Gasteiger partial charge in [-0.3, -0.25) is 9.48 Å². The molecule has 5 nitrogen and oxygen atoms in total. The Labute approximate surface area is 108 Å². The first-order chi connectivity index (χ1) is 8.70. The fraction of sp³-hybridized carbons (Fsp3) is 0.692. The van der Waals surface area contributed by atoms with E-state index in [1.165, 1.54) is 25.7 Å². The highest BCUT2D eigenvalue weighted by Gasteiger charge is 2.17. The van der Waals surface area contributed by atoms with Crippen LogP contribution in [0.3, 0.4) is 0 Å². The summed E-state index contributed by atoms with van der Waals surface area (Å²) in [5, 5.41) is 7.07. The van der Waals surface area contributed by atoms with Crippen LogP contribution in [0, 0.1) is 5.92 Å². The fourth-order valence-electron chi connectivity index (χ4n) is 2.55. The first kappa shape index (κ1) is 12.9. The van der Waals surface area contributed by atoms with Gasteiger partial charge < -0.3 is 11.1 Å². The number of hydrogen-bond donors (Lipinski definition) is 2. The Bertz CT molecular complexity index is 407. The van der Waals surface area contributed by atoms with E-state index >= 15 is 0 Å². The summed E-state index contributed by atoms with van der Waals surface area (Å²) in [6.45, 7) is 3.41. The predicted molar refractivity (Wildman–Crippen MR) is 71.2 cm³/mol. The molecule has 0 spiro atoms. The maximum Gasteiger partial charge on any atom is 0.273 e. The lowest BCUT2D eigenvalue weighted by molar-refractivity contribution is 0.0946. The van der Waals surface area contributed by atoms with Crippen molar-refractivity contribution in [2.45, 2.75) is 45.6 Å². The fourth-order valence-corrected chi connectivity index (χ4v) is 2.55. The first-order valence-corrected chi connectivity index (χ1v) is 6.81. The molecule has 0 bridgehead atoms. The van der Waals surface area contributed by atoms with Crippen molar-refractivity contribution in [3.63, 3.8) is 0 Å². The van der Waals surface area contributed by atoms with Gasteiger partial charge >= 0.3 is 0 Å². The lowest BCUT2D eigenvalue weighted by Gasteiger charge is -2.09. The van der Waals surface area contributed by atoms with Crippen molar-refractivity contribution in [3.8, 4) is 0 Å². The monoisotopic (exact) mass is 250 g/mol. The van der Waals surface area contributed by atoms with Gasteiger partial charge in [0.25, 0.3) is 5.91 Å². The molecule has 100 valence electrons. The molecule has 1 heterocycles. The van der Waals surface area contributed by atoms with Crippen molar-refractivity contribution >= 4 is 11.6 Å². The second kappa shape index (κ2) is 5.89. The van der Waals surface area contributed by atoms with E-state index in [1.54, 1.807) is 10.9 Å². The Balaban J connectivity index is 1.81. The van der Waals surface area contributed by atoms with Crippen LogP contribution >= 0.6 is 0 Å². The molecule has 1 aliphatic carbocycles. The molecule has 0 unspecified atom stereocenters. The van der Waals surface area contributed by atoms with Gasteiger partial charge in [0, 0.05) is 19.3 Å². The van der Waals surface area contributed by atoms with Crippen LogP contribution in [0.1, 0.15) is 49.5 Å². The molecule has 3 N–H and O–H groups in total. The number of nitrogens with zero attached hydrogens (tertiary/aromatic N) is 2. The number of hydrogen-bond acceptors (Lipinski definition) is 3. The Morgan fingerprint density at radius 3 is 2.89 bits per heavy atom. The highest BCUT2D eigenvalue weighted by atomic mass is 16.1. The Morgan fingerprint density at radius 2 is 2.28 bits per heavy atom. The van der Waals surface area contributed by atoms with Gasteiger partial charge in [-0.25, -0.2) is 0 Å². The molecular weight excluding hydrogens is 228 g/mol. The zero-order chi connectivity index (χ0) is 13.0. The molecule has 0 aromatic carbocycles. The Morgan fingerprint density at radius 1 is 1.56 bits per heavy atom. The standard InChI is InChI=1S/C13H22N4O/c1-2-17-9-11(14)12(16-17)13(18)15-8-7-10-5-3-4-6-10/h9-10H,2-8,14H2,1H3,(H,15,18). The largest absolute Gasteiger partial charge is 0.396 e. The number of anilines is 1. The average molecular weight is 250 g/mol. The molecular formula is C13H22N4O. The van der Waals surface area contributed by atoms with Crippen molar-refractivity contribution in [3.05, 3.63) is 11.9 Å². The molecule has 1 fully saturated rings. The molecule has 1 aromatic rings. The minimum absolute atomic E-state index is 0.155. The topological polar surface area (TPSA) is 72.9 Å². The van der Waals surface area contributed by atoms with Gasteiger partial charge in [-0.15, -0.1) is 0 Å². The molecule has 1 amide bonds. The third kappa shape index (κ3) is 3.03. The van der Waals surface area contributed by atoms with Gasteiger partial charge in [-0.1, -0.05) is 25.7 Å². The Kier molecular flexibility index (Phi) is 4.23. The van der Waals surface area contributed by atoms with Crippen molar-refractivity contribution in [1.29, 1.82) is 0 Å². The summed E-state index contributed by atoms with van der Waals surface area (Å²) < 4.78 is 1.68. The average Bonchev–Trinajstić information content (AvgIpc) is 2.98. The summed E-state index contributed by atoms with van der Waals surface area (Å²) in [6, 6.07) is 0. The van der Waals surface area contributed by atoms with Crippen molar-refractivity contribution in [2.24, 2.45) is 5.92 Å². The van der Waals surface area contributed by atoms with Crippen LogP contribution in [0.2, 0.25) is 0 Å². The van der Waals surface area contributed by atoms with Crippen molar-refractivity contribution < 1.29 is 4.79 Å². The molecule has 2 rings (SSSR count). The number of nitrogens with one attached hydrogen (secondary N) is 1. The van der Waals surface area contributed by atoms with Crippen molar-refractivity contribution in [2.75, 3.05) is 12.3 Å². The number of aromatic nitrogens is 2. The number of carbonyl (C=O) groups excluding carboxylic acids is 1. The summed E-state index contributed by atoms with van der Waals surface area (Å²) in [7, 11) is 0. The number of nitrogens with two attached hydrogens (primary N) is 1. The lowest BCUT2D eigenvalue weighted by Crippen LogP contribution is -2.26. The van der Waals surface area contributed by atoms with Crippen LogP contribution < -0.4 is 11.1 Å². The van der Waals surface area contributed by atoms with Gasteiger partial charge in [0.15, 0.2) is 5.69 Å². The maximum absolute atomic E-state index is 11.9. The summed E-state index contributed by atoms with van der Waals surface area (Å²) >= 11 is 0. The van der Waals surface area contributed by atoms with Crippen LogP contribution in [-0.2, 0) is 6.54 Å². The van der Waals surface area contributed by atoms with Crippen LogP contribution in [0.5, 0.6) is 0 Å². The van der Waals surface area contributed by atoms with Crippen LogP contribution in [0.25, 0.3) is 0 Å². The summed E-state index contributed by atoms with van der Waals surface area (Å²) in [4.78, 5) is 11.9. The smallest absolute Gasteiger partial charge is 0.273 e. The van der Waals surface area contributed by atoms with Gasteiger partial charge in [0.05, 0.1) is 5.69 Å². The van der Waals surface area contributed by atoms with Crippen LogP contribution in [0.4, 0.5) is 5.69 Å². The summed E-state index contributed by atoms with van der Waals surface area (Å²) in [5.74, 6) is 0.633. The molecule has 0 saturated heterocycles. The highest BCUT2D eigenvalue weighted by molar-refractivity contribution is 5.96. The molecule has 18 heavy (non-hydrogen) atoms. The zero-order valence-electron chi connectivity index (χ0n) is 11.0. The van der Waals surface area contributed by atoms with E-state index in [0.29, 0.717) is 11.4 Å². The van der Waals surface area contributed by atoms with Gasteiger partial charge in [0.1, 0.15) is 0 Å². The van der Waals surface area contributed by atoms with Crippen molar-refractivity contribution in [1.82, 2.24) is 15.1 Å².